The Morgan fingerprint density at radius 1 is 1.50 bits per heavy atom. The molecule has 0 aliphatic carbocycles. The molecular weight excluding hydrogens is 216 g/mol. The summed E-state index contributed by atoms with van der Waals surface area (Å²) in [6.45, 7) is 2.03. The molecule has 0 radical (unpaired) electrons. The first-order valence-electron chi connectivity index (χ1n) is 3.85. The number of Topliss-reactive ketones (excluding diaryl/α,β-unsaturated/α-hetero) is 1. The van der Waals surface area contributed by atoms with E-state index in [-0.39, 0.29) is 5.78 Å². The van der Waals surface area contributed by atoms with E-state index in [1.54, 1.807) is 0 Å². The second kappa shape index (κ2) is 4.41. The highest BCUT2D eigenvalue weighted by molar-refractivity contribution is 9.09. The van der Waals surface area contributed by atoms with Gasteiger partial charge in [-0.15, -0.1) is 0 Å². The van der Waals surface area contributed by atoms with E-state index in [9.17, 15) is 4.79 Å². The lowest BCUT2D eigenvalue weighted by Crippen LogP contribution is -2.03. The second-order valence-corrected chi connectivity index (χ2v) is 3.40. The van der Waals surface area contributed by atoms with Gasteiger partial charge in [0.1, 0.15) is 5.78 Å². The van der Waals surface area contributed by atoms with Crippen LogP contribution in [0.1, 0.15) is 11.1 Å². The molecule has 0 saturated carbocycles. The van der Waals surface area contributed by atoms with Crippen LogP contribution in [0.25, 0.3) is 0 Å². The Labute approximate surface area is 80.9 Å². The van der Waals surface area contributed by atoms with Gasteiger partial charge in [-0.25, -0.2) is 0 Å². The first kappa shape index (κ1) is 9.46. The fraction of sp³-hybridized carbons (Fsp3) is 0.300. The zero-order valence-corrected chi connectivity index (χ0v) is 8.60. The van der Waals surface area contributed by atoms with E-state index >= 15 is 0 Å². The summed E-state index contributed by atoms with van der Waals surface area (Å²) in [6, 6.07) is 8.03. The van der Waals surface area contributed by atoms with Crippen LogP contribution in [0.5, 0.6) is 0 Å². The molecule has 0 aliphatic heterocycles. The minimum atomic E-state index is 0.223. The molecule has 0 saturated heterocycles. The molecule has 0 fully saturated rings. The van der Waals surface area contributed by atoms with Crippen LogP contribution in [0, 0.1) is 6.92 Å². The van der Waals surface area contributed by atoms with E-state index in [4.69, 9.17) is 0 Å². The van der Waals surface area contributed by atoms with Crippen molar-refractivity contribution in [1.82, 2.24) is 0 Å². The zero-order valence-electron chi connectivity index (χ0n) is 7.01. The fourth-order valence-corrected chi connectivity index (χ4v) is 1.30. The summed E-state index contributed by atoms with van der Waals surface area (Å²) in [5, 5.41) is 0.445. The van der Waals surface area contributed by atoms with Crippen molar-refractivity contribution in [2.75, 3.05) is 5.33 Å². The average molecular weight is 227 g/mol. The van der Waals surface area contributed by atoms with E-state index in [0.29, 0.717) is 11.8 Å². The molecular formula is C10H11BrO. The largest absolute Gasteiger partial charge is 0.298 e. The highest BCUT2D eigenvalue weighted by Crippen LogP contribution is 2.05. The summed E-state index contributed by atoms with van der Waals surface area (Å²) in [5.74, 6) is 0.223. The Hall–Kier alpha value is -0.630. The first-order chi connectivity index (χ1) is 5.72. The molecule has 0 aliphatic rings. The van der Waals surface area contributed by atoms with Gasteiger partial charge in [0, 0.05) is 6.42 Å². The first-order valence-corrected chi connectivity index (χ1v) is 4.97. The maximum atomic E-state index is 11.0. The van der Waals surface area contributed by atoms with Crippen LogP contribution in [-0.4, -0.2) is 11.1 Å². The van der Waals surface area contributed by atoms with Crippen molar-refractivity contribution in [1.29, 1.82) is 0 Å². The third-order valence-electron chi connectivity index (χ3n) is 1.63. The topological polar surface area (TPSA) is 17.1 Å². The van der Waals surface area contributed by atoms with Gasteiger partial charge in [-0.3, -0.25) is 4.79 Å². The van der Waals surface area contributed by atoms with Gasteiger partial charge in [-0.05, 0) is 12.5 Å². The predicted octanol–water partition coefficient (Wildman–Crippen LogP) is 2.50. The van der Waals surface area contributed by atoms with Crippen molar-refractivity contribution >= 4 is 21.7 Å². The van der Waals surface area contributed by atoms with Gasteiger partial charge in [0.05, 0.1) is 5.33 Å². The van der Waals surface area contributed by atoms with Gasteiger partial charge in [-0.2, -0.15) is 0 Å². The number of halogens is 1. The van der Waals surface area contributed by atoms with E-state index in [1.807, 2.05) is 31.2 Å². The van der Waals surface area contributed by atoms with E-state index < -0.39 is 0 Å². The Morgan fingerprint density at radius 2 is 2.25 bits per heavy atom. The van der Waals surface area contributed by atoms with Gasteiger partial charge in [-0.1, -0.05) is 45.8 Å². The van der Waals surface area contributed by atoms with Crippen LogP contribution in [0.15, 0.2) is 24.3 Å². The third-order valence-corrected chi connectivity index (χ3v) is 2.26. The molecule has 1 rings (SSSR count). The Morgan fingerprint density at radius 3 is 2.83 bits per heavy atom. The number of rotatable bonds is 3. The second-order valence-electron chi connectivity index (χ2n) is 2.84. The maximum Gasteiger partial charge on any atom is 0.147 e. The van der Waals surface area contributed by atoms with Crippen LogP contribution in [0.3, 0.4) is 0 Å². The lowest BCUT2D eigenvalue weighted by Gasteiger charge is -1.99. The van der Waals surface area contributed by atoms with Crippen LogP contribution < -0.4 is 0 Å². The smallest absolute Gasteiger partial charge is 0.147 e. The molecule has 0 atom stereocenters. The van der Waals surface area contributed by atoms with E-state index in [2.05, 4.69) is 15.9 Å². The molecule has 1 nitrogen and oxygen atoms in total. The van der Waals surface area contributed by atoms with Crippen molar-refractivity contribution in [3.63, 3.8) is 0 Å². The normalized spacial score (nSPS) is 9.83. The van der Waals surface area contributed by atoms with Crippen molar-refractivity contribution in [2.24, 2.45) is 0 Å². The summed E-state index contributed by atoms with van der Waals surface area (Å²) in [7, 11) is 0. The maximum absolute atomic E-state index is 11.0. The highest BCUT2D eigenvalue weighted by Gasteiger charge is 2.00. The quantitative estimate of drug-likeness (QED) is 0.725. The van der Waals surface area contributed by atoms with Gasteiger partial charge in [0.25, 0.3) is 0 Å². The summed E-state index contributed by atoms with van der Waals surface area (Å²) >= 11 is 3.14. The van der Waals surface area contributed by atoms with Gasteiger partial charge in [0.15, 0.2) is 0 Å². The zero-order chi connectivity index (χ0) is 8.97. The number of hydrogen-bond acceptors (Lipinski definition) is 1. The Bertz CT molecular complexity index is 281. The number of alkyl halides is 1. The number of hydrogen-bond donors (Lipinski definition) is 0. The molecule has 1 aromatic rings. The minimum Gasteiger partial charge on any atom is -0.298 e. The van der Waals surface area contributed by atoms with Gasteiger partial charge >= 0.3 is 0 Å². The minimum absolute atomic E-state index is 0.223. The molecule has 0 amide bonds. The number of aryl methyl sites for hydroxylation is 1. The summed E-state index contributed by atoms with van der Waals surface area (Å²) < 4.78 is 0. The lowest BCUT2D eigenvalue weighted by atomic mass is 10.1. The highest BCUT2D eigenvalue weighted by atomic mass is 79.9. The molecule has 0 bridgehead atoms. The molecule has 1 aromatic carbocycles. The Balaban J connectivity index is 2.69. The summed E-state index contributed by atoms with van der Waals surface area (Å²) in [6.07, 6.45) is 0.535. The van der Waals surface area contributed by atoms with Gasteiger partial charge < -0.3 is 0 Å². The summed E-state index contributed by atoms with van der Waals surface area (Å²) in [4.78, 5) is 11.0. The van der Waals surface area contributed by atoms with Crippen molar-refractivity contribution in [2.45, 2.75) is 13.3 Å². The molecule has 12 heavy (non-hydrogen) atoms. The standard InChI is InChI=1S/C10H11BrO/c1-8-3-2-4-9(5-8)6-10(12)7-11/h2-5H,6-7H2,1H3. The molecule has 0 spiro atoms. The average Bonchev–Trinajstić information content (AvgIpc) is 2.04. The fourth-order valence-electron chi connectivity index (χ4n) is 1.10. The molecule has 0 N–H and O–H groups in total. The number of carbonyl (C=O) groups is 1. The molecule has 64 valence electrons. The van der Waals surface area contributed by atoms with Crippen LogP contribution in [-0.2, 0) is 11.2 Å². The SMILES string of the molecule is Cc1cccc(CC(=O)CBr)c1. The lowest BCUT2D eigenvalue weighted by molar-refractivity contribution is -0.115. The number of benzene rings is 1. The van der Waals surface area contributed by atoms with Crippen molar-refractivity contribution < 1.29 is 4.79 Å². The third kappa shape index (κ3) is 2.78. The Kier molecular flexibility index (Phi) is 3.48. The van der Waals surface area contributed by atoms with Crippen molar-refractivity contribution in [3.8, 4) is 0 Å². The molecule has 0 heterocycles. The van der Waals surface area contributed by atoms with E-state index in [1.165, 1.54) is 5.56 Å². The number of carbonyl (C=O) groups excluding carboxylic acids is 1. The monoisotopic (exact) mass is 226 g/mol. The molecule has 0 unspecified atom stereocenters. The van der Waals surface area contributed by atoms with E-state index in [0.717, 1.165) is 5.56 Å². The van der Waals surface area contributed by atoms with Gasteiger partial charge in [0.2, 0.25) is 0 Å². The summed E-state index contributed by atoms with van der Waals surface area (Å²) in [5.41, 5.74) is 2.30. The molecule has 0 aromatic heterocycles. The van der Waals surface area contributed by atoms with Crippen LogP contribution in [0.2, 0.25) is 0 Å². The predicted molar refractivity (Wildman–Crippen MR) is 53.7 cm³/mol. The molecule has 2 heteroatoms. The van der Waals surface area contributed by atoms with Crippen molar-refractivity contribution in [3.05, 3.63) is 35.4 Å². The van der Waals surface area contributed by atoms with Crippen LogP contribution in [0.4, 0.5) is 0 Å². The van der Waals surface area contributed by atoms with Crippen LogP contribution >= 0.6 is 15.9 Å². The number of ketones is 1.